The second-order valence-corrected chi connectivity index (χ2v) is 7.21. The minimum Gasteiger partial charge on any atom is -0.491 e. The number of benzene rings is 1. The maximum Gasteiger partial charge on any atom is 0.191 e. The first-order valence-electron chi connectivity index (χ1n) is 9.85. The van der Waals surface area contributed by atoms with Gasteiger partial charge in [-0.15, -0.1) is 0 Å². The standard InChI is InChI=1S/C21H35N3O3/c1-22-20(24-17-21(12-13-25-2)10-4-5-11-21)23-16-18-6-8-19(9-7-18)27-15-14-26-3/h6-9H,4-5,10-17H2,1-3H3,(H2,22,23,24). The molecule has 2 rings (SSSR count). The molecule has 0 heterocycles. The van der Waals surface area contributed by atoms with E-state index in [4.69, 9.17) is 14.2 Å². The second kappa shape index (κ2) is 11.8. The molecule has 0 aromatic heterocycles. The molecule has 0 spiro atoms. The molecule has 0 atom stereocenters. The van der Waals surface area contributed by atoms with Gasteiger partial charge in [-0.3, -0.25) is 4.99 Å². The summed E-state index contributed by atoms with van der Waals surface area (Å²) in [7, 11) is 5.27. The summed E-state index contributed by atoms with van der Waals surface area (Å²) >= 11 is 0. The van der Waals surface area contributed by atoms with Gasteiger partial charge in [0.25, 0.3) is 0 Å². The highest BCUT2D eigenvalue weighted by atomic mass is 16.5. The summed E-state index contributed by atoms with van der Waals surface area (Å²) in [5.41, 5.74) is 1.53. The molecule has 6 nitrogen and oxygen atoms in total. The van der Waals surface area contributed by atoms with Gasteiger partial charge in [-0.25, -0.2) is 0 Å². The van der Waals surface area contributed by atoms with Gasteiger partial charge < -0.3 is 24.8 Å². The van der Waals surface area contributed by atoms with E-state index in [-0.39, 0.29) is 0 Å². The van der Waals surface area contributed by atoms with Crippen molar-refractivity contribution in [3.8, 4) is 5.75 Å². The fourth-order valence-electron chi connectivity index (χ4n) is 3.58. The van der Waals surface area contributed by atoms with E-state index in [1.165, 1.54) is 31.2 Å². The van der Waals surface area contributed by atoms with Crippen LogP contribution in [0.1, 0.15) is 37.7 Å². The molecule has 6 heteroatoms. The van der Waals surface area contributed by atoms with Crippen molar-refractivity contribution in [1.82, 2.24) is 10.6 Å². The van der Waals surface area contributed by atoms with Crippen LogP contribution in [0.15, 0.2) is 29.3 Å². The van der Waals surface area contributed by atoms with Crippen molar-refractivity contribution in [2.75, 3.05) is 47.6 Å². The highest BCUT2D eigenvalue weighted by Crippen LogP contribution is 2.40. The van der Waals surface area contributed by atoms with E-state index in [0.29, 0.717) is 18.6 Å². The molecule has 1 aliphatic rings. The van der Waals surface area contributed by atoms with Crippen LogP contribution in [-0.4, -0.2) is 53.6 Å². The number of ether oxygens (including phenoxy) is 3. The van der Waals surface area contributed by atoms with Crippen LogP contribution in [0.3, 0.4) is 0 Å². The third-order valence-electron chi connectivity index (χ3n) is 5.29. The minimum atomic E-state index is 0.342. The Balaban J connectivity index is 1.77. The number of aliphatic imine (C=N–C) groups is 1. The normalized spacial score (nSPS) is 16.3. The lowest BCUT2D eigenvalue weighted by molar-refractivity contribution is 0.138. The van der Waals surface area contributed by atoms with Crippen LogP contribution < -0.4 is 15.4 Å². The average Bonchev–Trinajstić information content (AvgIpc) is 3.17. The molecule has 0 radical (unpaired) electrons. The zero-order valence-corrected chi connectivity index (χ0v) is 17.1. The fraction of sp³-hybridized carbons (Fsp3) is 0.667. The summed E-state index contributed by atoms with van der Waals surface area (Å²) < 4.78 is 15.9. The smallest absolute Gasteiger partial charge is 0.191 e. The van der Waals surface area contributed by atoms with Crippen molar-refractivity contribution in [1.29, 1.82) is 0 Å². The predicted molar refractivity (Wildman–Crippen MR) is 109 cm³/mol. The summed E-state index contributed by atoms with van der Waals surface area (Å²) in [6.45, 7) is 3.66. The Bertz CT molecular complexity index is 554. The van der Waals surface area contributed by atoms with Gasteiger partial charge >= 0.3 is 0 Å². The predicted octanol–water partition coefficient (Wildman–Crippen LogP) is 2.97. The number of methoxy groups -OCH3 is 2. The minimum absolute atomic E-state index is 0.342. The van der Waals surface area contributed by atoms with Crippen molar-refractivity contribution in [3.05, 3.63) is 29.8 Å². The van der Waals surface area contributed by atoms with Crippen LogP contribution in [0.25, 0.3) is 0 Å². The highest BCUT2D eigenvalue weighted by molar-refractivity contribution is 5.79. The molecule has 1 aromatic rings. The summed E-state index contributed by atoms with van der Waals surface area (Å²) in [6.07, 6.45) is 6.28. The van der Waals surface area contributed by atoms with Gasteiger partial charge in [0.15, 0.2) is 5.96 Å². The van der Waals surface area contributed by atoms with Crippen LogP contribution in [0.5, 0.6) is 5.75 Å². The van der Waals surface area contributed by atoms with Crippen LogP contribution in [-0.2, 0) is 16.0 Å². The van der Waals surface area contributed by atoms with Gasteiger partial charge in [-0.2, -0.15) is 0 Å². The van der Waals surface area contributed by atoms with Crippen molar-refractivity contribution < 1.29 is 14.2 Å². The molecule has 0 saturated heterocycles. The molecular weight excluding hydrogens is 342 g/mol. The first-order valence-corrected chi connectivity index (χ1v) is 9.85. The van der Waals surface area contributed by atoms with Crippen molar-refractivity contribution in [3.63, 3.8) is 0 Å². The Morgan fingerprint density at radius 2 is 1.70 bits per heavy atom. The molecule has 2 N–H and O–H groups in total. The Morgan fingerprint density at radius 1 is 1.00 bits per heavy atom. The van der Waals surface area contributed by atoms with E-state index >= 15 is 0 Å². The Morgan fingerprint density at radius 3 is 2.33 bits per heavy atom. The van der Waals surface area contributed by atoms with Gasteiger partial charge in [-0.05, 0) is 42.4 Å². The lowest BCUT2D eigenvalue weighted by Gasteiger charge is -2.30. The summed E-state index contributed by atoms with van der Waals surface area (Å²) in [5.74, 6) is 1.71. The molecular formula is C21H35N3O3. The average molecular weight is 378 g/mol. The number of hydrogen-bond donors (Lipinski definition) is 2. The zero-order chi connectivity index (χ0) is 19.4. The highest BCUT2D eigenvalue weighted by Gasteiger charge is 2.33. The first kappa shape index (κ1) is 21.5. The SMILES string of the molecule is CN=C(NCc1ccc(OCCOC)cc1)NCC1(CCOC)CCCC1. The maximum atomic E-state index is 5.60. The molecule has 152 valence electrons. The summed E-state index contributed by atoms with van der Waals surface area (Å²) in [6, 6.07) is 8.11. The van der Waals surface area contributed by atoms with Gasteiger partial charge in [0.1, 0.15) is 12.4 Å². The number of rotatable bonds is 11. The van der Waals surface area contributed by atoms with Crippen molar-refractivity contribution >= 4 is 5.96 Å². The monoisotopic (exact) mass is 377 g/mol. The molecule has 1 fully saturated rings. The van der Waals surface area contributed by atoms with E-state index in [1.807, 2.05) is 19.2 Å². The van der Waals surface area contributed by atoms with E-state index < -0.39 is 0 Å². The second-order valence-electron chi connectivity index (χ2n) is 7.21. The third kappa shape index (κ3) is 7.39. The van der Waals surface area contributed by atoms with E-state index in [0.717, 1.165) is 37.8 Å². The molecule has 1 saturated carbocycles. The first-order chi connectivity index (χ1) is 13.2. The Kier molecular flexibility index (Phi) is 9.42. The number of nitrogens with zero attached hydrogens (tertiary/aromatic N) is 1. The van der Waals surface area contributed by atoms with Crippen LogP contribution >= 0.6 is 0 Å². The van der Waals surface area contributed by atoms with Crippen molar-refractivity contribution in [2.24, 2.45) is 10.4 Å². The third-order valence-corrected chi connectivity index (χ3v) is 5.29. The van der Waals surface area contributed by atoms with Gasteiger partial charge in [0.2, 0.25) is 0 Å². The molecule has 27 heavy (non-hydrogen) atoms. The summed E-state index contributed by atoms with van der Waals surface area (Å²) in [5, 5.41) is 6.92. The van der Waals surface area contributed by atoms with Crippen LogP contribution in [0.2, 0.25) is 0 Å². The largest absolute Gasteiger partial charge is 0.491 e. The van der Waals surface area contributed by atoms with Gasteiger partial charge in [0.05, 0.1) is 6.61 Å². The van der Waals surface area contributed by atoms with Gasteiger partial charge in [0, 0.05) is 41.0 Å². The fourth-order valence-corrected chi connectivity index (χ4v) is 3.58. The molecule has 0 unspecified atom stereocenters. The quantitative estimate of drug-likeness (QED) is 0.353. The zero-order valence-electron chi connectivity index (χ0n) is 17.1. The van der Waals surface area contributed by atoms with E-state index in [2.05, 4.69) is 27.8 Å². The van der Waals surface area contributed by atoms with Gasteiger partial charge in [-0.1, -0.05) is 25.0 Å². The number of nitrogens with one attached hydrogen (secondary N) is 2. The maximum absolute atomic E-state index is 5.60. The number of guanidine groups is 1. The topological polar surface area (TPSA) is 64.1 Å². The van der Waals surface area contributed by atoms with Crippen LogP contribution in [0.4, 0.5) is 0 Å². The molecule has 0 bridgehead atoms. The van der Waals surface area contributed by atoms with E-state index in [1.54, 1.807) is 14.2 Å². The Labute approximate surface area is 163 Å². The lowest BCUT2D eigenvalue weighted by atomic mass is 9.83. The lowest BCUT2D eigenvalue weighted by Crippen LogP contribution is -2.43. The number of hydrogen-bond acceptors (Lipinski definition) is 4. The molecule has 1 aromatic carbocycles. The molecule has 1 aliphatic carbocycles. The molecule has 0 amide bonds. The van der Waals surface area contributed by atoms with Crippen LogP contribution in [0, 0.1) is 5.41 Å². The Hall–Kier alpha value is -1.79. The van der Waals surface area contributed by atoms with E-state index in [9.17, 15) is 0 Å². The molecule has 0 aliphatic heterocycles. The van der Waals surface area contributed by atoms with Crippen molar-refractivity contribution in [2.45, 2.75) is 38.6 Å². The summed E-state index contributed by atoms with van der Waals surface area (Å²) in [4.78, 5) is 4.37.